The minimum Gasteiger partial charge on any atom is -0.480 e. The third-order valence-corrected chi connectivity index (χ3v) is 11.6. The maximum atomic E-state index is 14.1. The molecular weight excluding hydrogens is 779 g/mol. The molecule has 6 amide bonds. The number of aliphatic hydroxyl groups is 2. The number of para-hydroxylation sites is 1. The van der Waals surface area contributed by atoms with Gasteiger partial charge in [0.2, 0.25) is 30.0 Å². The zero-order chi connectivity index (χ0) is 43.7. The van der Waals surface area contributed by atoms with E-state index in [9.17, 15) is 44.1 Å². The van der Waals surface area contributed by atoms with Crippen LogP contribution in [0.5, 0.6) is 0 Å². The SMILES string of the molecule is CC(C)C[C@H](NC(=O)N[C@@H](Cc1c[nH]c2ccccc12)C(=O)O)C(=O)N[C@H](C(=O)NC[C@H]1C[C@@H](O)[C@H](N2C=CC(=O)NC2O)O1)[C@H](C)N(C)C(=O)[C@@H](N)CC1CCCCC1. The number of rotatable bonds is 18. The van der Waals surface area contributed by atoms with Crippen molar-refractivity contribution in [2.24, 2.45) is 17.6 Å². The van der Waals surface area contributed by atoms with Gasteiger partial charge in [0.1, 0.15) is 24.2 Å². The molecule has 0 spiro atoms. The van der Waals surface area contributed by atoms with Gasteiger partial charge in [-0.25, -0.2) is 9.59 Å². The van der Waals surface area contributed by atoms with Crippen LogP contribution in [0.2, 0.25) is 0 Å². The molecule has 5 rings (SSSR count). The number of urea groups is 1. The highest BCUT2D eigenvalue weighted by Gasteiger charge is 2.42. The van der Waals surface area contributed by atoms with Gasteiger partial charge in [-0.2, -0.15) is 0 Å². The molecule has 0 radical (unpaired) electrons. The number of carboxylic acid groups (broad SMARTS) is 1. The molecule has 11 N–H and O–H groups in total. The Kier molecular flexibility index (Phi) is 15.9. The number of carboxylic acids is 1. The number of nitrogens with one attached hydrogen (secondary N) is 6. The summed E-state index contributed by atoms with van der Waals surface area (Å²) in [6.07, 6.45) is 5.71. The van der Waals surface area contributed by atoms with Gasteiger partial charge in [0, 0.05) is 55.8 Å². The van der Waals surface area contributed by atoms with Crippen molar-refractivity contribution in [3.8, 4) is 0 Å². The number of amides is 6. The third-order valence-electron chi connectivity index (χ3n) is 11.6. The van der Waals surface area contributed by atoms with E-state index in [0.717, 1.165) is 43.0 Å². The summed E-state index contributed by atoms with van der Waals surface area (Å²) >= 11 is 0. The Hall–Kier alpha value is -5.24. The number of likely N-dealkylation sites (N-methyl/N-ethyl adjacent to an activating group) is 1. The number of nitrogens with zero attached hydrogens (tertiary/aromatic N) is 2. The molecule has 3 aliphatic rings. The van der Waals surface area contributed by atoms with Crippen LogP contribution >= 0.6 is 0 Å². The molecule has 2 fully saturated rings. The van der Waals surface area contributed by atoms with Crippen LogP contribution < -0.4 is 32.3 Å². The fourth-order valence-electron chi connectivity index (χ4n) is 8.17. The molecule has 9 atom stereocenters. The molecule has 2 aromatic rings. The number of hydrogen-bond acceptors (Lipinski definition) is 11. The molecular formula is C41H61N9O10. The van der Waals surface area contributed by atoms with Gasteiger partial charge in [-0.15, -0.1) is 0 Å². The van der Waals surface area contributed by atoms with Crippen LogP contribution in [0.1, 0.15) is 77.7 Å². The van der Waals surface area contributed by atoms with Gasteiger partial charge in [0.25, 0.3) is 0 Å². The number of ether oxygens (including phenoxy) is 1. The Balaban J connectivity index is 1.29. The highest BCUT2D eigenvalue weighted by Crippen LogP contribution is 2.28. The minimum atomic E-state index is -1.45. The lowest BCUT2D eigenvalue weighted by molar-refractivity contribution is -0.151. The summed E-state index contributed by atoms with van der Waals surface area (Å²) in [4.78, 5) is 84.9. The average Bonchev–Trinajstić information content (AvgIpc) is 3.79. The first-order valence-electron chi connectivity index (χ1n) is 20.7. The van der Waals surface area contributed by atoms with Gasteiger partial charge >= 0.3 is 12.0 Å². The minimum absolute atomic E-state index is 0.0365. The van der Waals surface area contributed by atoms with E-state index in [0.29, 0.717) is 17.9 Å². The molecule has 2 aliphatic heterocycles. The van der Waals surface area contributed by atoms with E-state index in [2.05, 4.69) is 31.6 Å². The molecule has 1 aliphatic carbocycles. The summed E-state index contributed by atoms with van der Waals surface area (Å²) in [7, 11) is 1.51. The number of benzene rings is 1. The fraction of sp³-hybridized carbons (Fsp3) is 0.610. The van der Waals surface area contributed by atoms with E-state index in [-0.39, 0.29) is 31.7 Å². The molecule has 1 saturated heterocycles. The van der Waals surface area contributed by atoms with Crippen molar-refractivity contribution in [1.29, 1.82) is 0 Å². The summed E-state index contributed by atoms with van der Waals surface area (Å²) in [5, 5.41) is 44.8. The second-order valence-corrected chi connectivity index (χ2v) is 16.6. The normalized spacial score (nSPS) is 23.3. The lowest BCUT2D eigenvalue weighted by Gasteiger charge is -2.35. The topological polar surface area (TPSA) is 281 Å². The molecule has 0 bridgehead atoms. The first-order chi connectivity index (χ1) is 28.5. The monoisotopic (exact) mass is 839 g/mol. The number of carbonyl (C=O) groups is 6. The molecule has 19 heteroatoms. The largest absolute Gasteiger partial charge is 0.480 e. The lowest BCUT2D eigenvalue weighted by atomic mass is 9.84. The third kappa shape index (κ3) is 11.9. The van der Waals surface area contributed by atoms with Gasteiger partial charge in [0.15, 0.2) is 6.23 Å². The molecule has 330 valence electrons. The summed E-state index contributed by atoms with van der Waals surface area (Å²) in [6, 6.07) is 0.745. The van der Waals surface area contributed by atoms with Crippen LogP contribution in [-0.4, -0.2) is 134 Å². The second kappa shape index (κ2) is 20.8. The molecule has 1 aromatic heterocycles. The quantitative estimate of drug-likeness (QED) is 0.0972. The summed E-state index contributed by atoms with van der Waals surface area (Å²) in [5.74, 6) is -3.47. The van der Waals surface area contributed by atoms with E-state index in [4.69, 9.17) is 10.5 Å². The molecule has 19 nitrogen and oxygen atoms in total. The number of nitrogens with two attached hydrogens (primary N) is 1. The summed E-state index contributed by atoms with van der Waals surface area (Å²) < 4.78 is 5.94. The number of aliphatic hydroxyl groups excluding tert-OH is 2. The first-order valence-corrected chi connectivity index (χ1v) is 20.7. The molecule has 3 heterocycles. The van der Waals surface area contributed by atoms with Gasteiger partial charge in [0.05, 0.1) is 18.2 Å². The standard InChI is InChI=1S/C41H61N9O10/c1-22(2)16-30(45-40(58)46-31(39(56)57)18-25-20-43-29-13-9-8-12-27(25)29)35(53)48-34(23(3)49(4)37(55)28(42)17-24-10-6-5-7-11-24)36(54)44-21-26-19-32(51)38(60-26)50-15-14-33(52)47-41(50)59/h8-9,12-15,20,22-24,26,28,30-32,34,38,41,43,51,59H,5-7,10-11,16-19,21,42H2,1-4H3,(H,44,54)(H,47,52)(H,48,53)(H,56,57)(H2,45,46,58)/t23-,26+,28-,30-,31-,32+,34-,38+,41?/m0/s1. The van der Waals surface area contributed by atoms with E-state index >= 15 is 0 Å². The smallest absolute Gasteiger partial charge is 0.326 e. The average molecular weight is 840 g/mol. The number of carbonyl (C=O) groups excluding carboxylic acids is 5. The Morgan fingerprint density at radius 2 is 1.70 bits per heavy atom. The zero-order valence-corrected chi connectivity index (χ0v) is 34.6. The van der Waals surface area contributed by atoms with Crippen molar-refractivity contribution in [1.82, 2.24) is 41.4 Å². The first kappa shape index (κ1) is 45.8. The van der Waals surface area contributed by atoms with Gasteiger partial charge in [-0.05, 0) is 43.2 Å². The number of aromatic amines is 1. The van der Waals surface area contributed by atoms with E-state index in [1.807, 2.05) is 38.1 Å². The Morgan fingerprint density at radius 1 is 1.00 bits per heavy atom. The van der Waals surface area contributed by atoms with Crippen LogP contribution in [0.25, 0.3) is 10.9 Å². The molecule has 1 aromatic carbocycles. The van der Waals surface area contributed by atoms with Crippen LogP contribution in [0, 0.1) is 11.8 Å². The number of hydrogen-bond donors (Lipinski definition) is 10. The summed E-state index contributed by atoms with van der Waals surface area (Å²) in [6.45, 7) is 5.13. The predicted molar refractivity (Wildman–Crippen MR) is 219 cm³/mol. The van der Waals surface area contributed by atoms with Crippen LogP contribution in [0.15, 0.2) is 42.7 Å². The maximum absolute atomic E-state index is 14.1. The highest BCUT2D eigenvalue weighted by atomic mass is 16.5. The van der Waals surface area contributed by atoms with E-state index in [1.165, 1.54) is 29.1 Å². The highest BCUT2D eigenvalue weighted by molar-refractivity contribution is 5.94. The van der Waals surface area contributed by atoms with Gasteiger partial charge in [-0.1, -0.05) is 64.2 Å². The van der Waals surface area contributed by atoms with Crippen molar-refractivity contribution in [2.75, 3.05) is 13.6 Å². The van der Waals surface area contributed by atoms with Crippen molar-refractivity contribution in [3.63, 3.8) is 0 Å². The number of H-pyrrole nitrogens is 1. The van der Waals surface area contributed by atoms with Crippen molar-refractivity contribution in [2.45, 2.75) is 134 Å². The second-order valence-electron chi connectivity index (χ2n) is 16.6. The zero-order valence-electron chi connectivity index (χ0n) is 34.6. The molecule has 1 saturated carbocycles. The molecule has 1 unspecified atom stereocenters. The number of aromatic nitrogens is 1. The predicted octanol–water partition coefficient (Wildman–Crippen LogP) is 0.320. The fourth-order valence-corrected chi connectivity index (χ4v) is 8.17. The van der Waals surface area contributed by atoms with Gasteiger partial charge < -0.3 is 67.2 Å². The van der Waals surface area contributed by atoms with Crippen LogP contribution in [0.4, 0.5) is 4.79 Å². The van der Waals surface area contributed by atoms with Crippen LogP contribution in [0.3, 0.4) is 0 Å². The Morgan fingerprint density at radius 3 is 2.38 bits per heavy atom. The maximum Gasteiger partial charge on any atom is 0.326 e. The lowest BCUT2D eigenvalue weighted by Crippen LogP contribution is -2.63. The molecule has 60 heavy (non-hydrogen) atoms. The van der Waals surface area contributed by atoms with Crippen molar-refractivity contribution >= 4 is 46.5 Å². The summed E-state index contributed by atoms with van der Waals surface area (Å²) in [5.41, 5.74) is 7.92. The van der Waals surface area contributed by atoms with Crippen molar-refractivity contribution in [3.05, 3.63) is 48.3 Å². The van der Waals surface area contributed by atoms with Crippen LogP contribution in [-0.2, 0) is 35.1 Å². The van der Waals surface area contributed by atoms with Crippen molar-refractivity contribution < 1.29 is 48.8 Å². The van der Waals surface area contributed by atoms with E-state index in [1.54, 1.807) is 13.1 Å². The number of aliphatic carboxylic acids is 1. The number of fused-ring (bicyclic) bond motifs is 1. The Labute approximate surface area is 349 Å². The Bertz CT molecular complexity index is 1870. The van der Waals surface area contributed by atoms with E-state index < -0.39 is 90.6 Å². The van der Waals surface area contributed by atoms with Gasteiger partial charge in [-0.3, -0.25) is 19.2 Å².